The number of rotatable bonds is 6. The summed E-state index contributed by atoms with van der Waals surface area (Å²) in [6.45, 7) is 7.93. The molecule has 1 N–H and O–H groups in total. The summed E-state index contributed by atoms with van der Waals surface area (Å²) in [5, 5.41) is 8.61. The summed E-state index contributed by atoms with van der Waals surface area (Å²) in [7, 11) is 1.78. The van der Waals surface area contributed by atoms with E-state index < -0.39 is 5.97 Å². The maximum Gasteiger partial charge on any atom is 0.303 e. The lowest BCUT2D eigenvalue weighted by atomic mass is 10.0. The number of amides is 1. The van der Waals surface area contributed by atoms with Crippen molar-refractivity contribution >= 4 is 11.9 Å². The van der Waals surface area contributed by atoms with Crippen molar-refractivity contribution in [1.82, 2.24) is 4.90 Å². The number of carbonyl (C=O) groups is 2. The molecule has 0 aliphatic carbocycles. The monoisotopic (exact) mass is 229 g/mol. The fourth-order valence-corrected chi connectivity index (χ4v) is 1.49. The Balaban J connectivity index is 4.19. The van der Waals surface area contributed by atoms with E-state index in [1.165, 1.54) is 0 Å². The van der Waals surface area contributed by atoms with E-state index in [4.69, 9.17) is 5.11 Å². The highest BCUT2D eigenvalue weighted by atomic mass is 16.4. The van der Waals surface area contributed by atoms with Crippen LogP contribution in [0.15, 0.2) is 0 Å². The number of nitrogens with zero attached hydrogens (tertiary/aromatic N) is 1. The molecule has 0 aromatic heterocycles. The molecule has 0 aromatic carbocycles. The molecule has 4 heteroatoms. The van der Waals surface area contributed by atoms with Gasteiger partial charge in [-0.2, -0.15) is 0 Å². The van der Waals surface area contributed by atoms with E-state index in [1.807, 2.05) is 6.92 Å². The number of hydrogen-bond acceptors (Lipinski definition) is 2. The fourth-order valence-electron chi connectivity index (χ4n) is 1.49. The molecule has 94 valence electrons. The predicted octanol–water partition coefficient (Wildman–Crippen LogP) is 1.99. The SMILES string of the molecule is CC(CC(=O)O)CC(=O)N(C)C(C)C(C)C. The molecule has 0 saturated heterocycles. The van der Waals surface area contributed by atoms with E-state index in [1.54, 1.807) is 18.9 Å². The lowest BCUT2D eigenvalue weighted by Gasteiger charge is -2.28. The zero-order valence-corrected chi connectivity index (χ0v) is 10.9. The summed E-state index contributed by atoms with van der Waals surface area (Å²) < 4.78 is 0. The molecule has 16 heavy (non-hydrogen) atoms. The number of carbonyl (C=O) groups excluding carboxylic acids is 1. The Kier molecular flexibility index (Phi) is 6.08. The molecule has 0 bridgehead atoms. The molecule has 0 rings (SSSR count). The molecule has 0 fully saturated rings. The molecule has 2 atom stereocenters. The Labute approximate surface area is 97.6 Å². The highest BCUT2D eigenvalue weighted by molar-refractivity contribution is 5.77. The van der Waals surface area contributed by atoms with Gasteiger partial charge in [-0.1, -0.05) is 20.8 Å². The van der Waals surface area contributed by atoms with Crippen LogP contribution in [0, 0.1) is 11.8 Å². The number of carboxylic acids is 1. The highest BCUT2D eigenvalue weighted by Gasteiger charge is 2.21. The molecule has 2 unspecified atom stereocenters. The third-order valence-electron chi connectivity index (χ3n) is 3.02. The van der Waals surface area contributed by atoms with Crippen LogP contribution in [0.3, 0.4) is 0 Å². The first kappa shape index (κ1) is 14.9. The van der Waals surface area contributed by atoms with Gasteiger partial charge in [0.1, 0.15) is 0 Å². The molecule has 1 amide bonds. The average molecular weight is 229 g/mol. The Morgan fingerprint density at radius 1 is 1.12 bits per heavy atom. The van der Waals surface area contributed by atoms with Gasteiger partial charge in [0.05, 0.1) is 0 Å². The van der Waals surface area contributed by atoms with Crippen molar-refractivity contribution in [2.24, 2.45) is 11.8 Å². The second kappa shape index (κ2) is 6.51. The quantitative estimate of drug-likeness (QED) is 0.757. The van der Waals surface area contributed by atoms with Crippen LogP contribution in [0.4, 0.5) is 0 Å². The van der Waals surface area contributed by atoms with E-state index >= 15 is 0 Å². The first-order valence-electron chi connectivity index (χ1n) is 5.73. The van der Waals surface area contributed by atoms with Crippen molar-refractivity contribution in [1.29, 1.82) is 0 Å². The van der Waals surface area contributed by atoms with Crippen LogP contribution in [0.5, 0.6) is 0 Å². The zero-order chi connectivity index (χ0) is 12.9. The largest absolute Gasteiger partial charge is 0.481 e. The fraction of sp³-hybridized carbons (Fsp3) is 0.833. The molecule has 0 aromatic rings. The minimum Gasteiger partial charge on any atom is -0.481 e. The van der Waals surface area contributed by atoms with E-state index in [9.17, 15) is 9.59 Å². The molecule has 0 heterocycles. The smallest absolute Gasteiger partial charge is 0.303 e. The molecule has 0 spiro atoms. The second-order valence-electron chi connectivity index (χ2n) is 4.90. The number of carboxylic acid groups (broad SMARTS) is 1. The van der Waals surface area contributed by atoms with Gasteiger partial charge in [-0.15, -0.1) is 0 Å². The summed E-state index contributed by atoms with van der Waals surface area (Å²) in [6, 6.07) is 0.185. The van der Waals surface area contributed by atoms with Gasteiger partial charge >= 0.3 is 5.97 Å². The van der Waals surface area contributed by atoms with Crippen LogP contribution in [-0.4, -0.2) is 35.0 Å². The van der Waals surface area contributed by atoms with Crippen molar-refractivity contribution in [3.05, 3.63) is 0 Å². The summed E-state index contributed by atoms with van der Waals surface area (Å²) in [5.41, 5.74) is 0. The van der Waals surface area contributed by atoms with Gasteiger partial charge in [0, 0.05) is 25.9 Å². The Morgan fingerprint density at radius 3 is 2.00 bits per heavy atom. The first-order valence-corrected chi connectivity index (χ1v) is 5.73. The topological polar surface area (TPSA) is 57.6 Å². The van der Waals surface area contributed by atoms with Crippen molar-refractivity contribution in [2.75, 3.05) is 7.05 Å². The van der Waals surface area contributed by atoms with Crippen LogP contribution in [0.25, 0.3) is 0 Å². The summed E-state index contributed by atoms with van der Waals surface area (Å²) in [6.07, 6.45) is 0.357. The van der Waals surface area contributed by atoms with Crippen molar-refractivity contribution < 1.29 is 14.7 Å². The second-order valence-corrected chi connectivity index (χ2v) is 4.90. The molecular weight excluding hydrogens is 206 g/mol. The average Bonchev–Trinajstić information content (AvgIpc) is 2.13. The Hall–Kier alpha value is -1.06. The van der Waals surface area contributed by atoms with Crippen LogP contribution in [0.1, 0.15) is 40.5 Å². The highest BCUT2D eigenvalue weighted by Crippen LogP contribution is 2.14. The Morgan fingerprint density at radius 2 is 1.62 bits per heavy atom. The van der Waals surface area contributed by atoms with Gasteiger partial charge in [-0.25, -0.2) is 0 Å². The van der Waals surface area contributed by atoms with Gasteiger partial charge < -0.3 is 10.0 Å². The number of hydrogen-bond donors (Lipinski definition) is 1. The molecule has 4 nitrogen and oxygen atoms in total. The normalized spacial score (nSPS) is 14.6. The van der Waals surface area contributed by atoms with Gasteiger partial charge in [0.15, 0.2) is 0 Å². The van der Waals surface area contributed by atoms with Crippen LogP contribution in [0.2, 0.25) is 0 Å². The maximum absolute atomic E-state index is 11.8. The third-order valence-corrected chi connectivity index (χ3v) is 3.02. The van der Waals surface area contributed by atoms with Crippen LogP contribution in [-0.2, 0) is 9.59 Å². The minimum absolute atomic E-state index is 0.0231. The van der Waals surface area contributed by atoms with Crippen LogP contribution >= 0.6 is 0 Å². The van der Waals surface area contributed by atoms with Crippen molar-refractivity contribution in [3.63, 3.8) is 0 Å². The first-order chi connectivity index (χ1) is 7.25. The lowest BCUT2D eigenvalue weighted by molar-refractivity contribution is -0.138. The number of aliphatic carboxylic acids is 1. The third kappa shape index (κ3) is 5.14. The Bertz CT molecular complexity index is 251. The maximum atomic E-state index is 11.8. The predicted molar refractivity (Wildman–Crippen MR) is 63.1 cm³/mol. The standard InChI is InChI=1S/C12H23NO3/c1-8(2)10(4)13(5)11(14)6-9(3)7-12(15)16/h8-10H,6-7H2,1-5H3,(H,15,16). The summed E-state index contributed by atoms with van der Waals surface area (Å²) in [4.78, 5) is 24.0. The molecule has 0 aliphatic heterocycles. The van der Waals surface area contributed by atoms with E-state index in [-0.39, 0.29) is 24.3 Å². The minimum atomic E-state index is -0.847. The van der Waals surface area contributed by atoms with E-state index in [2.05, 4.69) is 13.8 Å². The van der Waals surface area contributed by atoms with Gasteiger partial charge in [0.2, 0.25) is 5.91 Å². The molecule has 0 radical (unpaired) electrons. The van der Waals surface area contributed by atoms with Crippen LogP contribution < -0.4 is 0 Å². The lowest BCUT2D eigenvalue weighted by Crippen LogP contribution is -2.38. The molecule has 0 aliphatic rings. The van der Waals surface area contributed by atoms with E-state index in [0.29, 0.717) is 12.3 Å². The summed E-state index contributed by atoms with van der Waals surface area (Å²) in [5.74, 6) is -0.523. The van der Waals surface area contributed by atoms with Crippen molar-refractivity contribution in [3.8, 4) is 0 Å². The van der Waals surface area contributed by atoms with Gasteiger partial charge in [0.25, 0.3) is 0 Å². The van der Waals surface area contributed by atoms with E-state index in [0.717, 1.165) is 0 Å². The van der Waals surface area contributed by atoms with Crippen molar-refractivity contribution in [2.45, 2.75) is 46.6 Å². The molecule has 0 saturated carbocycles. The zero-order valence-electron chi connectivity index (χ0n) is 10.9. The van der Waals surface area contributed by atoms with Gasteiger partial charge in [-0.3, -0.25) is 9.59 Å². The molecular formula is C12H23NO3. The summed E-state index contributed by atoms with van der Waals surface area (Å²) >= 11 is 0. The van der Waals surface area contributed by atoms with Gasteiger partial charge in [-0.05, 0) is 18.8 Å².